The number of hydrogen-bond donors (Lipinski definition) is 1. The van der Waals surface area contributed by atoms with Gasteiger partial charge in [-0.1, -0.05) is 58.8 Å². The maximum Gasteiger partial charge on any atom is 0.0591 e. The van der Waals surface area contributed by atoms with Crippen molar-refractivity contribution in [1.82, 2.24) is 0 Å². The number of allylic oxidation sites excluding steroid dienone is 3. The van der Waals surface area contributed by atoms with Gasteiger partial charge in [-0.3, -0.25) is 0 Å². The Kier molecular flexibility index (Phi) is 11.6. The number of hydrogen-bond acceptors (Lipinski definition) is 1. The maximum absolute atomic E-state index is 10.6. The van der Waals surface area contributed by atoms with E-state index in [-0.39, 0.29) is 6.10 Å². The highest BCUT2D eigenvalue weighted by Crippen LogP contribution is 2.33. The molecule has 0 aliphatic rings. The van der Waals surface area contributed by atoms with Gasteiger partial charge in [-0.25, -0.2) is 0 Å². The maximum atomic E-state index is 10.6. The minimum absolute atomic E-state index is 0.170. The number of rotatable bonds is 13. The van der Waals surface area contributed by atoms with E-state index in [1.165, 1.54) is 24.8 Å². The van der Waals surface area contributed by atoms with Crippen molar-refractivity contribution in [2.45, 2.75) is 99.0 Å². The van der Waals surface area contributed by atoms with Crippen LogP contribution in [0.15, 0.2) is 24.3 Å². The van der Waals surface area contributed by atoms with Crippen LogP contribution in [0.1, 0.15) is 92.9 Å². The van der Waals surface area contributed by atoms with E-state index < -0.39 is 0 Å². The second kappa shape index (κ2) is 11.9. The molecular weight excluding hydrogens is 280 g/mol. The summed E-state index contributed by atoms with van der Waals surface area (Å²) in [5.41, 5.74) is 1.82. The van der Waals surface area contributed by atoms with Crippen LogP contribution in [0.2, 0.25) is 0 Å². The van der Waals surface area contributed by atoms with Crippen molar-refractivity contribution in [3.63, 3.8) is 0 Å². The van der Waals surface area contributed by atoms with Crippen LogP contribution in [0.25, 0.3) is 0 Å². The van der Waals surface area contributed by atoms with E-state index in [1.54, 1.807) is 0 Å². The molecule has 0 aromatic rings. The summed E-state index contributed by atoms with van der Waals surface area (Å²) in [6.45, 7) is 17.3. The molecule has 0 bridgehead atoms. The van der Waals surface area contributed by atoms with Crippen molar-refractivity contribution in [2.24, 2.45) is 17.3 Å². The molecule has 0 aromatic heterocycles. The number of aliphatic hydroxyl groups is 1. The molecule has 0 rings (SSSR count). The van der Waals surface area contributed by atoms with Crippen LogP contribution in [0.3, 0.4) is 0 Å². The third-order valence-corrected chi connectivity index (χ3v) is 5.06. The van der Waals surface area contributed by atoms with Crippen LogP contribution in [-0.4, -0.2) is 11.2 Å². The van der Waals surface area contributed by atoms with Crippen LogP contribution in [0.5, 0.6) is 0 Å². The average molecular weight is 323 g/mol. The predicted octanol–water partition coefficient (Wildman–Crippen LogP) is 6.92. The fourth-order valence-corrected chi connectivity index (χ4v) is 3.76. The minimum Gasteiger partial charge on any atom is -0.393 e. The molecule has 0 saturated carbocycles. The SMILES string of the molecule is C=CCCC=C(C)CCCC(C)C(O)C(C)CC(C)(C)CCC. The second-order valence-corrected chi connectivity index (χ2v) is 8.37. The van der Waals surface area contributed by atoms with Crippen molar-refractivity contribution in [3.8, 4) is 0 Å². The van der Waals surface area contributed by atoms with Gasteiger partial charge in [0.25, 0.3) is 0 Å². The summed E-state index contributed by atoms with van der Waals surface area (Å²) in [5, 5.41) is 10.6. The molecular formula is C22H42O. The molecule has 1 heteroatoms. The van der Waals surface area contributed by atoms with E-state index in [4.69, 9.17) is 0 Å². The van der Waals surface area contributed by atoms with Gasteiger partial charge in [0, 0.05) is 0 Å². The fraction of sp³-hybridized carbons (Fsp3) is 0.818. The van der Waals surface area contributed by atoms with Crippen molar-refractivity contribution in [3.05, 3.63) is 24.3 Å². The Bertz CT molecular complexity index is 340. The minimum atomic E-state index is -0.170. The van der Waals surface area contributed by atoms with Crippen LogP contribution >= 0.6 is 0 Å². The van der Waals surface area contributed by atoms with E-state index in [0.29, 0.717) is 17.3 Å². The summed E-state index contributed by atoms with van der Waals surface area (Å²) in [4.78, 5) is 0. The first kappa shape index (κ1) is 22.4. The van der Waals surface area contributed by atoms with Crippen molar-refractivity contribution >= 4 is 0 Å². The molecule has 23 heavy (non-hydrogen) atoms. The molecule has 1 nitrogen and oxygen atoms in total. The van der Waals surface area contributed by atoms with Crippen molar-refractivity contribution < 1.29 is 5.11 Å². The zero-order valence-electron chi connectivity index (χ0n) is 16.7. The summed E-state index contributed by atoms with van der Waals surface area (Å²) in [6.07, 6.45) is 13.4. The molecule has 0 heterocycles. The van der Waals surface area contributed by atoms with Gasteiger partial charge in [0.05, 0.1) is 6.10 Å². The molecule has 0 amide bonds. The van der Waals surface area contributed by atoms with Gasteiger partial charge in [0.1, 0.15) is 0 Å². The van der Waals surface area contributed by atoms with E-state index in [9.17, 15) is 5.11 Å². The lowest BCUT2D eigenvalue weighted by atomic mass is 9.76. The fourth-order valence-electron chi connectivity index (χ4n) is 3.76. The largest absolute Gasteiger partial charge is 0.393 e. The summed E-state index contributed by atoms with van der Waals surface area (Å²) in [7, 11) is 0. The lowest BCUT2D eigenvalue weighted by molar-refractivity contribution is 0.0385. The molecule has 0 aromatic carbocycles. The highest BCUT2D eigenvalue weighted by Gasteiger charge is 2.27. The highest BCUT2D eigenvalue weighted by molar-refractivity contribution is 4.98. The van der Waals surface area contributed by atoms with Crippen LogP contribution in [-0.2, 0) is 0 Å². The number of unbranched alkanes of at least 4 members (excludes halogenated alkanes) is 1. The summed E-state index contributed by atoms with van der Waals surface area (Å²) >= 11 is 0. The Morgan fingerprint density at radius 1 is 1.17 bits per heavy atom. The molecule has 3 atom stereocenters. The predicted molar refractivity (Wildman–Crippen MR) is 105 cm³/mol. The zero-order chi connectivity index (χ0) is 17.9. The molecule has 1 N–H and O–H groups in total. The van der Waals surface area contributed by atoms with Gasteiger partial charge >= 0.3 is 0 Å². The quantitative estimate of drug-likeness (QED) is 0.288. The first-order valence-corrected chi connectivity index (χ1v) is 9.68. The summed E-state index contributed by atoms with van der Waals surface area (Å²) in [6, 6.07) is 0. The van der Waals surface area contributed by atoms with Crippen LogP contribution < -0.4 is 0 Å². The molecule has 0 aliphatic heterocycles. The third kappa shape index (κ3) is 10.8. The lowest BCUT2D eigenvalue weighted by Crippen LogP contribution is -2.29. The third-order valence-electron chi connectivity index (χ3n) is 5.06. The topological polar surface area (TPSA) is 20.2 Å². The Labute approximate surface area is 146 Å². The molecule has 0 radical (unpaired) electrons. The van der Waals surface area contributed by atoms with Gasteiger partial charge in [0.2, 0.25) is 0 Å². The van der Waals surface area contributed by atoms with Gasteiger partial charge < -0.3 is 5.11 Å². The Hall–Kier alpha value is -0.560. The van der Waals surface area contributed by atoms with E-state index in [0.717, 1.165) is 32.1 Å². The second-order valence-electron chi connectivity index (χ2n) is 8.37. The zero-order valence-corrected chi connectivity index (χ0v) is 16.7. The molecule has 0 spiro atoms. The lowest BCUT2D eigenvalue weighted by Gasteiger charge is -2.32. The Morgan fingerprint density at radius 3 is 2.39 bits per heavy atom. The summed E-state index contributed by atoms with van der Waals surface area (Å²) < 4.78 is 0. The van der Waals surface area contributed by atoms with E-state index in [2.05, 4.69) is 54.2 Å². The highest BCUT2D eigenvalue weighted by atomic mass is 16.3. The molecule has 0 fully saturated rings. The van der Waals surface area contributed by atoms with Crippen LogP contribution in [0, 0.1) is 17.3 Å². The first-order chi connectivity index (χ1) is 10.7. The smallest absolute Gasteiger partial charge is 0.0591 e. The Balaban J connectivity index is 4.16. The Morgan fingerprint density at radius 2 is 1.83 bits per heavy atom. The van der Waals surface area contributed by atoms with Crippen molar-refractivity contribution in [2.75, 3.05) is 0 Å². The van der Waals surface area contributed by atoms with Crippen LogP contribution in [0.4, 0.5) is 0 Å². The standard InChI is InChI=1S/C22H42O/c1-8-10-11-13-18(3)14-12-15-19(4)21(23)20(5)17-22(6,7)16-9-2/h8,13,19-21,23H,1,9-12,14-17H2,2-7H3. The van der Waals surface area contributed by atoms with E-state index in [1.807, 2.05) is 6.08 Å². The summed E-state index contributed by atoms with van der Waals surface area (Å²) in [5.74, 6) is 0.777. The van der Waals surface area contributed by atoms with Crippen molar-refractivity contribution in [1.29, 1.82) is 0 Å². The van der Waals surface area contributed by atoms with Gasteiger partial charge in [-0.15, -0.1) is 6.58 Å². The van der Waals surface area contributed by atoms with Gasteiger partial charge in [-0.2, -0.15) is 0 Å². The van der Waals surface area contributed by atoms with Gasteiger partial charge in [0.15, 0.2) is 0 Å². The first-order valence-electron chi connectivity index (χ1n) is 9.68. The molecule has 0 saturated heterocycles. The van der Waals surface area contributed by atoms with E-state index >= 15 is 0 Å². The average Bonchev–Trinajstić information content (AvgIpc) is 2.45. The monoisotopic (exact) mass is 322 g/mol. The molecule has 136 valence electrons. The normalized spacial score (nSPS) is 16.9. The molecule has 0 aliphatic carbocycles. The number of aliphatic hydroxyl groups excluding tert-OH is 1. The molecule has 3 unspecified atom stereocenters. The van der Waals surface area contributed by atoms with Gasteiger partial charge in [-0.05, 0) is 69.1 Å².